The van der Waals surface area contributed by atoms with Crippen LogP contribution in [0.4, 0.5) is 9.59 Å². The fourth-order valence-electron chi connectivity index (χ4n) is 7.40. The van der Waals surface area contributed by atoms with Crippen LogP contribution in [-0.2, 0) is 54.8 Å². The Bertz CT molecular complexity index is 1750. The van der Waals surface area contributed by atoms with Crippen molar-refractivity contribution < 1.29 is 48.2 Å². The first-order valence-electron chi connectivity index (χ1n) is 17.9. The Hall–Kier alpha value is -4.82. The van der Waals surface area contributed by atoms with E-state index in [1.165, 1.54) is 0 Å². The summed E-state index contributed by atoms with van der Waals surface area (Å²) in [5.41, 5.74) is 3.85. The molecule has 0 radical (unpaired) electrons. The fourth-order valence-corrected chi connectivity index (χ4v) is 7.40. The highest BCUT2D eigenvalue weighted by Gasteiger charge is 2.58. The van der Waals surface area contributed by atoms with Crippen LogP contribution in [0.1, 0.15) is 35.1 Å². The third-order valence-electron chi connectivity index (χ3n) is 9.88. The Balaban J connectivity index is 1.21. The molecule has 2 amide bonds. The lowest BCUT2D eigenvalue weighted by molar-refractivity contribution is -0.340. The maximum absolute atomic E-state index is 12.3. The second kappa shape index (κ2) is 17.3. The topological polar surface area (TPSA) is 136 Å². The zero-order valence-corrected chi connectivity index (χ0v) is 29.2. The quantitative estimate of drug-likeness (QED) is 0.140. The van der Waals surface area contributed by atoms with Gasteiger partial charge in [0.25, 0.3) is 0 Å². The summed E-state index contributed by atoms with van der Waals surface area (Å²) in [7, 11) is 0. The van der Waals surface area contributed by atoms with Crippen molar-refractivity contribution in [3.63, 3.8) is 0 Å². The first-order valence-corrected chi connectivity index (χ1v) is 17.9. The Morgan fingerprint density at radius 2 is 1.04 bits per heavy atom. The van der Waals surface area contributed by atoms with Crippen molar-refractivity contribution in [1.29, 1.82) is 0 Å². The van der Waals surface area contributed by atoms with E-state index in [2.05, 4.69) is 0 Å². The van der Waals surface area contributed by atoms with Crippen molar-refractivity contribution in [2.24, 2.45) is 0 Å². The van der Waals surface area contributed by atoms with Crippen molar-refractivity contribution in [3.05, 3.63) is 144 Å². The second-order valence-corrected chi connectivity index (χ2v) is 13.4. The molecule has 0 spiro atoms. The SMILES string of the molecule is O=C(O)N1C2CC(OC3OC(COCc4ccccc4)C(OCc4ccccc4)C(OCc4ccccc4)C3OCc3ccccc3)C(C2)N1C(=O)O. The molecule has 2 aliphatic heterocycles. The van der Waals surface area contributed by atoms with Crippen LogP contribution in [0.2, 0.25) is 0 Å². The molecule has 278 valence electrons. The Labute approximate surface area is 308 Å². The number of benzene rings is 4. The molecule has 4 aromatic rings. The maximum atomic E-state index is 12.3. The zero-order chi connectivity index (χ0) is 36.6. The third kappa shape index (κ3) is 8.87. The lowest BCUT2D eigenvalue weighted by Crippen LogP contribution is -2.63. The van der Waals surface area contributed by atoms with Crippen LogP contribution in [0.5, 0.6) is 0 Å². The van der Waals surface area contributed by atoms with E-state index in [9.17, 15) is 19.8 Å². The fraction of sp³-hybridized carbons (Fsp3) is 0.366. The number of nitrogens with zero attached hydrogens (tertiary/aromatic N) is 2. The van der Waals surface area contributed by atoms with Crippen LogP contribution in [0, 0.1) is 0 Å². The minimum atomic E-state index is -1.36. The number of fused-ring (bicyclic) bond motifs is 2. The van der Waals surface area contributed by atoms with Crippen molar-refractivity contribution >= 4 is 12.2 Å². The predicted molar refractivity (Wildman–Crippen MR) is 191 cm³/mol. The third-order valence-corrected chi connectivity index (χ3v) is 9.88. The van der Waals surface area contributed by atoms with Gasteiger partial charge in [-0.2, -0.15) is 0 Å². The van der Waals surface area contributed by atoms with Gasteiger partial charge in [0.2, 0.25) is 0 Å². The van der Waals surface area contributed by atoms with Gasteiger partial charge in [-0.05, 0) is 35.1 Å². The van der Waals surface area contributed by atoms with E-state index < -0.39 is 61.1 Å². The smallest absolute Gasteiger partial charge is 0.426 e. The molecule has 8 atom stereocenters. The highest BCUT2D eigenvalue weighted by Crippen LogP contribution is 2.42. The molecule has 8 unspecified atom stereocenters. The lowest BCUT2D eigenvalue weighted by Gasteiger charge is -2.47. The summed E-state index contributed by atoms with van der Waals surface area (Å²) in [6.45, 7) is 1.21. The van der Waals surface area contributed by atoms with Gasteiger partial charge in [0, 0.05) is 0 Å². The van der Waals surface area contributed by atoms with Crippen LogP contribution in [0.25, 0.3) is 0 Å². The van der Waals surface area contributed by atoms with Gasteiger partial charge in [0.05, 0.1) is 51.2 Å². The summed E-state index contributed by atoms with van der Waals surface area (Å²) in [6, 6.07) is 37.9. The molecular weight excluding hydrogens is 680 g/mol. The van der Waals surface area contributed by atoms with Crippen LogP contribution in [0.3, 0.4) is 0 Å². The minimum absolute atomic E-state index is 0.135. The van der Waals surface area contributed by atoms with E-state index in [-0.39, 0.29) is 26.4 Å². The van der Waals surface area contributed by atoms with Gasteiger partial charge in [-0.25, -0.2) is 19.6 Å². The molecule has 1 aliphatic carbocycles. The Kier molecular flexibility index (Phi) is 12.0. The molecule has 2 N–H and O–H groups in total. The lowest BCUT2D eigenvalue weighted by atomic mass is 9.97. The van der Waals surface area contributed by atoms with Crippen LogP contribution in [-0.4, -0.2) is 87.9 Å². The molecular formula is C41H44N2O10. The average Bonchev–Trinajstić information content (AvgIpc) is 3.77. The molecule has 4 aromatic carbocycles. The monoisotopic (exact) mass is 724 g/mol. The van der Waals surface area contributed by atoms with Crippen LogP contribution < -0.4 is 0 Å². The minimum Gasteiger partial charge on any atom is -0.464 e. The van der Waals surface area contributed by atoms with Crippen LogP contribution >= 0.6 is 0 Å². The standard InChI is InChI=1S/C41H44N2O10/c44-40(45)42-32-21-33(43(42)41(46)47)34(22-32)52-39-38(51-26-31-19-11-4-12-20-31)37(50-25-30-17-9-3-10-18-30)36(49-24-29-15-7-2-8-16-29)35(53-39)27-48-23-28-13-5-1-6-14-28/h1-20,32-39H,21-27H2,(H,44,45)(H,46,47). The first kappa shape index (κ1) is 36.5. The summed E-state index contributed by atoms with van der Waals surface area (Å²) in [5, 5.41) is 21.6. The molecule has 2 bridgehead atoms. The van der Waals surface area contributed by atoms with E-state index in [4.69, 9.17) is 28.4 Å². The van der Waals surface area contributed by atoms with Gasteiger partial charge in [-0.15, -0.1) is 0 Å². The van der Waals surface area contributed by atoms with Crippen LogP contribution in [0.15, 0.2) is 121 Å². The largest absolute Gasteiger partial charge is 0.464 e. The summed E-state index contributed by atoms with van der Waals surface area (Å²) >= 11 is 0. The van der Waals surface area contributed by atoms with Gasteiger partial charge >= 0.3 is 12.2 Å². The second-order valence-electron chi connectivity index (χ2n) is 13.4. The number of hydrazine groups is 1. The average molecular weight is 725 g/mol. The van der Waals surface area contributed by atoms with Gasteiger partial charge in [-0.3, -0.25) is 0 Å². The van der Waals surface area contributed by atoms with Gasteiger partial charge in [0.15, 0.2) is 6.29 Å². The summed E-state index contributed by atoms with van der Waals surface area (Å²) in [6.07, 6.45) is -6.70. The number of hydrogen-bond donors (Lipinski definition) is 2. The summed E-state index contributed by atoms with van der Waals surface area (Å²) in [5.74, 6) is 0. The van der Waals surface area contributed by atoms with Crippen molar-refractivity contribution in [3.8, 4) is 0 Å². The van der Waals surface area contributed by atoms with Gasteiger partial charge in [-0.1, -0.05) is 121 Å². The maximum Gasteiger partial charge on any atom is 0.426 e. The van der Waals surface area contributed by atoms with E-state index in [0.29, 0.717) is 19.4 Å². The molecule has 12 heteroatoms. The number of carbonyl (C=O) groups is 2. The molecule has 1 saturated carbocycles. The van der Waals surface area contributed by atoms with E-state index in [0.717, 1.165) is 32.3 Å². The molecule has 2 heterocycles. The number of carboxylic acid groups (broad SMARTS) is 2. The van der Waals surface area contributed by atoms with Crippen molar-refractivity contribution in [1.82, 2.24) is 10.0 Å². The normalized spacial score (nSPS) is 26.5. The number of rotatable bonds is 15. The summed E-state index contributed by atoms with van der Waals surface area (Å²) in [4.78, 5) is 24.4. The number of amides is 2. The van der Waals surface area contributed by atoms with Crippen molar-refractivity contribution in [2.75, 3.05) is 6.61 Å². The number of ether oxygens (including phenoxy) is 6. The highest BCUT2D eigenvalue weighted by molar-refractivity contribution is 5.73. The van der Waals surface area contributed by atoms with Gasteiger partial charge in [0.1, 0.15) is 24.4 Å². The molecule has 12 nitrogen and oxygen atoms in total. The number of hydrogen-bond acceptors (Lipinski definition) is 8. The molecule has 7 rings (SSSR count). The Morgan fingerprint density at radius 1 is 0.585 bits per heavy atom. The summed E-state index contributed by atoms with van der Waals surface area (Å²) < 4.78 is 39.9. The van der Waals surface area contributed by atoms with Gasteiger partial charge < -0.3 is 38.6 Å². The molecule has 3 fully saturated rings. The molecule has 0 aromatic heterocycles. The Morgan fingerprint density at radius 3 is 1.53 bits per heavy atom. The molecule has 53 heavy (non-hydrogen) atoms. The van der Waals surface area contributed by atoms with E-state index in [1.54, 1.807) is 0 Å². The predicted octanol–water partition coefficient (Wildman–Crippen LogP) is 6.49. The zero-order valence-electron chi connectivity index (χ0n) is 29.2. The van der Waals surface area contributed by atoms with Crippen molar-refractivity contribution in [2.45, 2.75) is 88.2 Å². The molecule has 3 aliphatic rings. The van der Waals surface area contributed by atoms with E-state index in [1.807, 2.05) is 121 Å². The molecule has 2 saturated heterocycles. The van der Waals surface area contributed by atoms with E-state index >= 15 is 0 Å². The first-order chi connectivity index (χ1) is 25.9. The highest BCUT2D eigenvalue weighted by atomic mass is 16.7.